The van der Waals surface area contributed by atoms with E-state index < -0.39 is 5.97 Å². The molecule has 1 aliphatic rings. The normalized spacial score (nSPS) is 17.6. The second kappa shape index (κ2) is 5.00. The summed E-state index contributed by atoms with van der Waals surface area (Å²) in [6.07, 6.45) is 1.66. The van der Waals surface area contributed by atoms with Gasteiger partial charge in [0.15, 0.2) is 0 Å². The number of ether oxygens (including phenoxy) is 1. The van der Waals surface area contributed by atoms with Crippen LogP contribution in [0.2, 0.25) is 0 Å². The first-order valence-electron chi connectivity index (χ1n) is 6.54. The number of para-hydroxylation sites is 1. The highest BCUT2D eigenvalue weighted by atomic mass is 16.5. The van der Waals surface area contributed by atoms with Gasteiger partial charge in [-0.3, -0.25) is 4.79 Å². The Labute approximate surface area is 116 Å². The third-order valence-electron chi connectivity index (χ3n) is 3.63. The van der Waals surface area contributed by atoms with Crippen molar-refractivity contribution in [1.82, 2.24) is 4.98 Å². The second-order valence-electron chi connectivity index (χ2n) is 4.87. The third-order valence-corrected chi connectivity index (χ3v) is 3.63. The zero-order valence-electron chi connectivity index (χ0n) is 11.1. The Morgan fingerprint density at radius 3 is 3.00 bits per heavy atom. The van der Waals surface area contributed by atoms with Gasteiger partial charge in [0.25, 0.3) is 0 Å². The Kier molecular flexibility index (Phi) is 3.18. The van der Waals surface area contributed by atoms with E-state index >= 15 is 0 Å². The predicted molar refractivity (Wildman–Crippen MR) is 71.6 cm³/mol. The van der Waals surface area contributed by atoms with Crippen LogP contribution in [0.25, 0.3) is 11.5 Å². The molecular formula is C15H15NO4. The van der Waals surface area contributed by atoms with Crippen molar-refractivity contribution in [2.24, 2.45) is 5.92 Å². The van der Waals surface area contributed by atoms with E-state index in [2.05, 4.69) is 4.98 Å². The average molecular weight is 273 g/mol. The van der Waals surface area contributed by atoms with Gasteiger partial charge in [-0.2, -0.15) is 0 Å². The SMILES string of the molecule is COc1ccccc1-c1nc2c(o1)CC(C(=O)O)CC2. The van der Waals surface area contributed by atoms with Gasteiger partial charge >= 0.3 is 5.97 Å². The number of benzene rings is 1. The molecule has 0 fully saturated rings. The average Bonchev–Trinajstić information content (AvgIpc) is 2.89. The number of methoxy groups -OCH3 is 1. The Hall–Kier alpha value is -2.30. The van der Waals surface area contributed by atoms with E-state index in [0.717, 1.165) is 11.3 Å². The molecule has 104 valence electrons. The minimum Gasteiger partial charge on any atom is -0.496 e. The van der Waals surface area contributed by atoms with Crippen molar-refractivity contribution in [3.8, 4) is 17.2 Å². The molecule has 0 amide bonds. The van der Waals surface area contributed by atoms with Crippen molar-refractivity contribution in [2.45, 2.75) is 19.3 Å². The first kappa shape index (κ1) is 12.7. The van der Waals surface area contributed by atoms with Crippen LogP contribution in [0.4, 0.5) is 0 Å². The largest absolute Gasteiger partial charge is 0.496 e. The summed E-state index contributed by atoms with van der Waals surface area (Å²) < 4.78 is 11.1. The number of hydrogen-bond donors (Lipinski definition) is 1. The summed E-state index contributed by atoms with van der Waals surface area (Å²) in [6.45, 7) is 0. The fourth-order valence-corrected chi connectivity index (χ4v) is 2.52. The van der Waals surface area contributed by atoms with Gasteiger partial charge in [-0.25, -0.2) is 4.98 Å². The minimum atomic E-state index is -0.772. The zero-order chi connectivity index (χ0) is 14.1. The monoisotopic (exact) mass is 273 g/mol. The summed E-state index contributed by atoms with van der Waals surface area (Å²) in [5.74, 6) is 0.732. The summed E-state index contributed by atoms with van der Waals surface area (Å²) in [5.41, 5.74) is 1.65. The van der Waals surface area contributed by atoms with Crippen LogP contribution in [0.3, 0.4) is 0 Å². The Morgan fingerprint density at radius 1 is 1.45 bits per heavy atom. The number of fused-ring (bicyclic) bond motifs is 1. The Morgan fingerprint density at radius 2 is 2.25 bits per heavy atom. The van der Waals surface area contributed by atoms with Gasteiger partial charge in [0.05, 0.1) is 24.3 Å². The molecule has 0 bridgehead atoms. The predicted octanol–water partition coefficient (Wildman–Crippen LogP) is 2.54. The number of aromatic nitrogens is 1. The Balaban J connectivity index is 1.96. The molecule has 3 rings (SSSR count). The molecule has 5 nitrogen and oxygen atoms in total. The van der Waals surface area contributed by atoms with Crippen LogP contribution in [0.1, 0.15) is 17.9 Å². The number of aliphatic carboxylic acids is 1. The number of nitrogens with zero attached hydrogens (tertiary/aromatic N) is 1. The number of carboxylic acid groups (broad SMARTS) is 1. The maximum absolute atomic E-state index is 11.1. The summed E-state index contributed by atoms with van der Waals surface area (Å²) in [5, 5.41) is 9.09. The zero-order valence-corrected chi connectivity index (χ0v) is 11.1. The third kappa shape index (κ3) is 2.15. The lowest BCUT2D eigenvalue weighted by atomic mass is 9.91. The molecule has 1 aromatic heterocycles. The lowest BCUT2D eigenvalue weighted by Gasteiger charge is -2.15. The molecule has 0 aliphatic heterocycles. The molecular weight excluding hydrogens is 258 g/mol. The molecule has 0 radical (unpaired) electrons. The van der Waals surface area contributed by atoms with Crippen molar-refractivity contribution in [2.75, 3.05) is 7.11 Å². The smallest absolute Gasteiger partial charge is 0.306 e. The minimum absolute atomic E-state index is 0.374. The van der Waals surface area contributed by atoms with Crippen molar-refractivity contribution < 1.29 is 19.1 Å². The molecule has 2 aromatic rings. The molecule has 1 aliphatic carbocycles. The maximum atomic E-state index is 11.1. The van der Waals surface area contributed by atoms with Gasteiger partial charge in [-0.05, 0) is 25.0 Å². The van der Waals surface area contributed by atoms with E-state index in [4.69, 9.17) is 14.3 Å². The maximum Gasteiger partial charge on any atom is 0.306 e. The van der Waals surface area contributed by atoms with Gasteiger partial charge in [0, 0.05) is 6.42 Å². The van der Waals surface area contributed by atoms with Crippen LogP contribution < -0.4 is 4.74 Å². The standard InChI is InChI=1S/C15H15NO4/c1-19-12-5-3-2-4-10(12)14-16-11-7-6-9(15(17)18)8-13(11)20-14/h2-5,9H,6-8H2,1H3,(H,17,18). The van der Waals surface area contributed by atoms with E-state index in [9.17, 15) is 4.79 Å². The first-order valence-corrected chi connectivity index (χ1v) is 6.54. The van der Waals surface area contributed by atoms with Crippen LogP contribution in [0.5, 0.6) is 5.75 Å². The lowest BCUT2D eigenvalue weighted by molar-refractivity contribution is -0.142. The molecule has 1 aromatic carbocycles. The van der Waals surface area contributed by atoms with E-state index in [1.807, 2.05) is 24.3 Å². The van der Waals surface area contributed by atoms with E-state index in [1.54, 1.807) is 7.11 Å². The summed E-state index contributed by atoms with van der Waals surface area (Å²) in [4.78, 5) is 15.5. The van der Waals surface area contributed by atoms with Crippen LogP contribution in [-0.4, -0.2) is 23.2 Å². The molecule has 5 heteroatoms. The highest BCUT2D eigenvalue weighted by Gasteiger charge is 2.29. The molecule has 0 spiro atoms. The highest BCUT2D eigenvalue weighted by molar-refractivity contribution is 5.71. The van der Waals surface area contributed by atoms with Gasteiger partial charge in [0.2, 0.25) is 5.89 Å². The Bertz CT molecular complexity index is 647. The highest BCUT2D eigenvalue weighted by Crippen LogP contribution is 2.33. The van der Waals surface area contributed by atoms with E-state index in [1.165, 1.54) is 0 Å². The summed E-state index contributed by atoms with van der Waals surface area (Å²) in [7, 11) is 1.60. The van der Waals surface area contributed by atoms with Crippen LogP contribution >= 0.6 is 0 Å². The van der Waals surface area contributed by atoms with Crippen molar-refractivity contribution in [3.05, 3.63) is 35.7 Å². The molecule has 20 heavy (non-hydrogen) atoms. The summed E-state index contributed by atoms with van der Waals surface area (Å²) in [6, 6.07) is 7.50. The number of rotatable bonds is 3. The topological polar surface area (TPSA) is 72.6 Å². The number of hydrogen-bond acceptors (Lipinski definition) is 4. The number of oxazole rings is 1. The first-order chi connectivity index (χ1) is 9.69. The van der Waals surface area contributed by atoms with Gasteiger partial charge < -0.3 is 14.3 Å². The van der Waals surface area contributed by atoms with E-state index in [0.29, 0.717) is 36.7 Å². The van der Waals surface area contributed by atoms with Gasteiger partial charge in [-0.15, -0.1) is 0 Å². The molecule has 1 heterocycles. The number of aryl methyl sites for hydroxylation is 1. The molecule has 0 saturated carbocycles. The fourth-order valence-electron chi connectivity index (χ4n) is 2.52. The lowest BCUT2D eigenvalue weighted by Crippen LogP contribution is -2.21. The van der Waals surface area contributed by atoms with Gasteiger partial charge in [0.1, 0.15) is 11.5 Å². The van der Waals surface area contributed by atoms with Crippen molar-refractivity contribution in [3.63, 3.8) is 0 Å². The second-order valence-corrected chi connectivity index (χ2v) is 4.87. The fraction of sp³-hybridized carbons (Fsp3) is 0.333. The van der Waals surface area contributed by atoms with Crippen molar-refractivity contribution in [1.29, 1.82) is 0 Å². The quantitative estimate of drug-likeness (QED) is 0.930. The molecule has 1 unspecified atom stereocenters. The molecule has 0 saturated heterocycles. The van der Waals surface area contributed by atoms with Crippen LogP contribution in [0, 0.1) is 5.92 Å². The van der Waals surface area contributed by atoms with Crippen LogP contribution in [0.15, 0.2) is 28.7 Å². The molecule has 1 N–H and O–H groups in total. The van der Waals surface area contributed by atoms with E-state index in [-0.39, 0.29) is 5.92 Å². The number of carbonyl (C=O) groups is 1. The summed E-state index contributed by atoms with van der Waals surface area (Å²) >= 11 is 0. The van der Waals surface area contributed by atoms with Crippen LogP contribution in [-0.2, 0) is 17.6 Å². The van der Waals surface area contributed by atoms with Crippen molar-refractivity contribution >= 4 is 5.97 Å². The van der Waals surface area contributed by atoms with Gasteiger partial charge in [-0.1, -0.05) is 12.1 Å². The molecule has 1 atom stereocenters. The number of carboxylic acids is 1.